The van der Waals surface area contributed by atoms with Crippen LogP contribution >= 0.6 is 0 Å². The van der Waals surface area contributed by atoms with Gasteiger partial charge in [-0.1, -0.05) is 35.9 Å². The van der Waals surface area contributed by atoms with Crippen molar-refractivity contribution >= 4 is 23.2 Å². The standard InChI is InChI=1S/C22H27N3O2/c1-14-9-15(2)22(16(3)10-14)24-20(26)12-23-21(27)13-25-17(4)11-18-7-5-6-8-19(18)25/h5-10,17H,11-13H2,1-4H3,(H,23,27)(H,24,26)/t17-/m1/s1. The highest BCUT2D eigenvalue weighted by Gasteiger charge is 2.27. The third kappa shape index (κ3) is 4.30. The lowest BCUT2D eigenvalue weighted by atomic mass is 10.1. The number of nitrogens with zero attached hydrogens (tertiary/aromatic N) is 1. The predicted molar refractivity (Wildman–Crippen MR) is 109 cm³/mol. The third-order valence-electron chi connectivity index (χ3n) is 5.05. The van der Waals surface area contributed by atoms with E-state index in [0.29, 0.717) is 0 Å². The fourth-order valence-corrected chi connectivity index (χ4v) is 3.82. The highest BCUT2D eigenvalue weighted by Crippen LogP contribution is 2.31. The second-order valence-electron chi connectivity index (χ2n) is 7.41. The summed E-state index contributed by atoms with van der Waals surface area (Å²) < 4.78 is 0. The van der Waals surface area contributed by atoms with E-state index in [-0.39, 0.29) is 30.9 Å². The normalized spacial score (nSPS) is 15.4. The second-order valence-corrected chi connectivity index (χ2v) is 7.41. The number of fused-ring (bicyclic) bond motifs is 1. The first kappa shape index (κ1) is 19.0. The van der Waals surface area contributed by atoms with Crippen LogP contribution in [0, 0.1) is 20.8 Å². The first-order valence-corrected chi connectivity index (χ1v) is 9.34. The van der Waals surface area contributed by atoms with Gasteiger partial charge >= 0.3 is 0 Å². The zero-order chi connectivity index (χ0) is 19.6. The number of rotatable bonds is 5. The number of anilines is 2. The number of nitrogens with one attached hydrogen (secondary N) is 2. The van der Waals surface area contributed by atoms with E-state index in [1.165, 1.54) is 5.56 Å². The average molecular weight is 365 g/mol. The van der Waals surface area contributed by atoms with E-state index in [2.05, 4.69) is 28.5 Å². The van der Waals surface area contributed by atoms with Crippen LogP contribution in [0.4, 0.5) is 11.4 Å². The molecule has 0 spiro atoms. The van der Waals surface area contributed by atoms with Crippen LogP contribution in [0.15, 0.2) is 36.4 Å². The number of para-hydroxylation sites is 1. The van der Waals surface area contributed by atoms with Gasteiger partial charge in [0.1, 0.15) is 0 Å². The molecule has 2 amide bonds. The minimum atomic E-state index is -0.215. The van der Waals surface area contributed by atoms with Crippen LogP contribution in [0.1, 0.15) is 29.2 Å². The maximum atomic E-state index is 12.4. The summed E-state index contributed by atoms with van der Waals surface area (Å²) in [7, 11) is 0. The summed E-state index contributed by atoms with van der Waals surface area (Å²) in [5, 5.41) is 5.65. The highest BCUT2D eigenvalue weighted by atomic mass is 16.2. The van der Waals surface area contributed by atoms with Crippen molar-refractivity contribution in [2.45, 2.75) is 40.2 Å². The zero-order valence-corrected chi connectivity index (χ0v) is 16.4. The van der Waals surface area contributed by atoms with Gasteiger partial charge in [0.25, 0.3) is 0 Å². The molecule has 1 aliphatic rings. The SMILES string of the molecule is Cc1cc(C)c(NC(=O)CNC(=O)CN2c3ccccc3C[C@H]2C)c(C)c1. The molecular formula is C22H27N3O2. The zero-order valence-electron chi connectivity index (χ0n) is 16.4. The average Bonchev–Trinajstić information content (AvgIpc) is 2.92. The Morgan fingerprint density at radius 2 is 1.74 bits per heavy atom. The van der Waals surface area contributed by atoms with Crippen molar-refractivity contribution in [3.63, 3.8) is 0 Å². The predicted octanol–water partition coefficient (Wildman–Crippen LogP) is 3.12. The van der Waals surface area contributed by atoms with Gasteiger partial charge in [0, 0.05) is 17.4 Å². The largest absolute Gasteiger partial charge is 0.359 e. The van der Waals surface area contributed by atoms with Gasteiger partial charge in [-0.05, 0) is 56.9 Å². The van der Waals surface area contributed by atoms with E-state index in [0.717, 1.165) is 34.5 Å². The van der Waals surface area contributed by atoms with Gasteiger partial charge in [-0.25, -0.2) is 0 Å². The van der Waals surface area contributed by atoms with Gasteiger partial charge in [-0.15, -0.1) is 0 Å². The summed E-state index contributed by atoms with van der Waals surface area (Å²) in [6.07, 6.45) is 0.940. The van der Waals surface area contributed by atoms with Crippen molar-refractivity contribution in [3.8, 4) is 0 Å². The molecule has 0 fully saturated rings. The number of hydrogen-bond donors (Lipinski definition) is 2. The van der Waals surface area contributed by atoms with Crippen LogP contribution in [0.3, 0.4) is 0 Å². The molecule has 5 nitrogen and oxygen atoms in total. The maximum absolute atomic E-state index is 12.4. The Morgan fingerprint density at radius 1 is 1.07 bits per heavy atom. The number of hydrogen-bond acceptors (Lipinski definition) is 3. The highest BCUT2D eigenvalue weighted by molar-refractivity contribution is 5.96. The smallest absolute Gasteiger partial charge is 0.243 e. The van der Waals surface area contributed by atoms with E-state index >= 15 is 0 Å². The van der Waals surface area contributed by atoms with Crippen LogP contribution < -0.4 is 15.5 Å². The molecule has 0 bridgehead atoms. The second kappa shape index (κ2) is 7.82. The molecule has 5 heteroatoms. The molecule has 2 aromatic rings. The van der Waals surface area contributed by atoms with Crippen molar-refractivity contribution in [1.29, 1.82) is 0 Å². The minimum Gasteiger partial charge on any atom is -0.359 e. The van der Waals surface area contributed by atoms with Crippen LogP contribution in [0.5, 0.6) is 0 Å². The van der Waals surface area contributed by atoms with E-state index in [4.69, 9.17) is 0 Å². The quantitative estimate of drug-likeness (QED) is 0.856. The summed E-state index contributed by atoms with van der Waals surface area (Å²) in [6, 6.07) is 12.5. The van der Waals surface area contributed by atoms with E-state index in [1.54, 1.807) is 0 Å². The maximum Gasteiger partial charge on any atom is 0.243 e. The van der Waals surface area contributed by atoms with Crippen LogP contribution in [0.2, 0.25) is 0 Å². The molecule has 2 N–H and O–H groups in total. The molecule has 142 valence electrons. The lowest BCUT2D eigenvalue weighted by molar-refractivity contribution is -0.123. The first-order valence-electron chi connectivity index (χ1n) is 9.34. The summed E-state index contributed by atoms with van der Waals surface area (Å²) in [5.41, 5.74) is 6.40. The molecule has 0 aliphatic carbocycles. The van der Waals surface area contributed by atoms with Gasteiger partial charge in [-0.2, -0.15) is 0 Å². The number of benzene rings is 2. The molecule has 1 aliphatic heterocycles. The number of amides is 2. The Balaban J connectivity index is 1.55. The van der Waals surface area contributed by atoms with Gasteiger partial charge in [-0.3, -0.25) is 9.59 Å². The summed E-state index contributed by atoms with van der Waals surface area (Å²) >= 11 is 0. The molecular weight excluding hydrogens is 338 g/mol. The van der Waals surface area contributed by atoms with Crippen LogP contribution in [-0.4, -0.2) is 30.9 Å². The van der Waals surface area contributed by atoms with E-state index < -0.39 is 0 Å². The van der Waals surface area contributed by atoms with Crippen LogP contribution in [-0.2, 0) is 16.0 Å². The third-order valence-corrected chi connectivity index (χ3v) is 5.05. The van der Waals surface area contributed by atoms with Gasteiger partial charge in [0.15, 0.2) is 0 Å². The lowest BCUT2D eigenvalue weighted by Crippen LogP contribution is -2.42. The first-order chi connectivity index (χ1) is 12.8. The topological polar surface area (TPSA) is 61.4 Å². The van der Waals surface area contributed by atoms with Gasteiger partial charge in [0.05, 0.1) is 13.1 Å². The Bertz CT molecular complexity index is 853. The summed E-state index contributed by atoms with van der Waals surface area (Å²) in [5.74, 6) is -0.362. The molecule has 1 atom stereocenters. The molecule has 1 heterocycles. The van der Waals surface area contributed by atoms with Gasteiger partial charge < -0.3 is 15.5 Å². The monoisotopic (exact) mass is 365 g/mol. The molecule has 2 aromatic carbocycles. The Kier molecular flexibility index (Phi) is 5.49. The molecule has 0 saturated heterocycles. The van der Waals surface area contributed by atoms with E-state index in [1.807, 2.05) is 51.1 Å². The van der Waals surface area contributed by atoms with Crippen LogP contribution in [0.25, 0.3) is 0 Å². The van der Waals surface area contributed by atoms with Crippen molar-refractivity contribution in [2.24, 2.45) is 0 Å². The Hall–Kier alpha value is -2.82. The molecule has 0 saturated carbocycles. The number of aryl methyl sites for hydroxylation is 3. The van der Waals surface area contributed by atoms with Gasteiger partial charge in [0.2, 0.25) is 11.8 Å². The fraction of sp³-hybridized carbons (Fsp3) is 0.364. The van der Waals surface area contributed by atoms with Crippen molar-refractivity contribution in [1.82, 2.24) is 5.32 Å². The van der Waals surface area contributed by atoms with Crippen molar-refractivity contribution in [2.75, 3.05) is 23.3 Å². The number of carbonyl (C=O) groups is 2. The Labute approximate surface area is 160 Å². The molecule has 27 heavy (non-hydrogen) atoms. The summed E-state index contributed by atoms with van der Waals surface area (Å²) in [4.78, 5) is 26.7. The minimum absolute atomic E-state index is 0.0323. The Morgan fingerprint density at radius 3 is 2.44 bits per heavy atom. The van der Waals surface area contributed by atoms with Crippen molar-refractivity contribution < 1.29 is 9.59 Å². The lowest BCUT2D eigenvalue weighted by Gasteiger charge is -2.24. The van der Waals surface area contributed by atoms with E-state index in [9.17, 15) is 9.59 Å². The molecule has 3 rings (SSSR count). The van der Waals surface area contributed by atoms with Crippen molar-refractivity contribution in [3.05, 3.63) is 58.7 Å². The fourth-order valence-electron chi connectivity index (χ4n) is 3.82. The molecule has 0 unspecified atom stereocenters. The molecule has 0 aromatic heterocycles. The summed E-state index contributed by atoms with van der Waals surface area (Å²) in [6.45, 7) is 8.32. The number of carbonyl (C=O) groups excluding carboxylic acids is 2. The molecule has 0 radical (unpaired) electrons.